The number of carbonyl (C=O) groups excluding carboxylic acids is 1. The summed E-state index contributed by atoms with van der Waals surface area (Å²) in [7, 11) is 0. The number of carbonyl (C=O) groups is 1. The Morgan fingerprint density at radius 3 is 1.71 bits per heavy atom. The fourth-order valence-electron chi connectivity index (χ4n) is 1.08. The van der Waals surface area contributed by atoms with Gasteiger partial charge in [0.2, 0.25) is 0 Å². The standard InChI is InChI=1S/C14H24O7/c1-3-14(15)21-12-11-19-8-7-17-5-6-18-9-10-20-13-16-4-2/h3-4H,1-2,5-13H2. The van der Waals surface area contributed by atoms with E-state index in [0.717, 1.165) is 6.08 Å². The topological polar surface area (TPSA) is 72.5 Å². The fourth-order valence-corrected chi connectivity index (χ4v) is 1.08. The maximum Gasteiger partial charge on any atom is 0.330 e. The Hall–Kier alpha value is -1.41. The molecule has 0 aliphatic carbocycles. The van der Waals surface area contributed by atoms with Crippen molar-refractivity contribution in [3.8, 4) is 0 Å². The molecule has 122 valence electrons. The predicted molar refractivity (Wildman–Crippen MR) is 75.7 cm³/mol. The molecule has 0 radical (unpaired) electrons. The Balaban J connectivity index is 3.01. The first-order chi connectivity index (χ1) is 10.3. The minimum Gasteiger partial charge on any atom is -0.476 e. The van der Waals surface area contributed by atoms with Gasteiger partial charge in [-0.2, -0.15) is 0 Å². The molecule has 0 aromatic rings. The molecular formula is C14H24O7. The minimum absolute atomic E-state index is 0.183. The lowest BCUT2D eigenvalue weighted by Crippen LogP contribution is -2.14. The van der Waals surface area contributed by atoms with Gasteiger partial charge in [-0.15, -0.1) is 0 Å². The highest BCUT2D eigenvalue weighted by atomic mass is 16.7. The lowest BCUT2D eigenvalue weighted by molar-refractivity contribution is -0.139. The van der Waals surface area contributed by atoms with Crippen LogP contribution in [0.5, 0.6) is 0 Å². The number of rotatable bonds is 16. The molecule has 0 N–H and O–H groups in total. The zero-order valence-electron chi connectivity index (χ0n) is 12.3. The van der Waals surface area contributed by atoms with E-state index in [2.05, 4.69) is 13.2 Å². The van der Waals surface area contributed by atoms with Crippen molar-refractivity contribution in [3.05, 3.63) is 25.5 Å². The Morgan fingerprint density at radius 1 is 0.762 bits per heavy atom. The summed E-state index contributed by atoms with van der Waals surface area (Å²) in [4.78, 5) is 10.7. The molecule has 21 heavy (non-hydrogen) atoms. The molecule has 0 aliphatic rings. The van der Waals surface area contributed by atoms with E-state index in [1.807, 2.05) is 0 Å². The molecule has 0 unspecified atom stereocenters. The van der Waals surface area contributed by atoms with E-state index >= 15 is 0 Å². The summed E-state index contributed by atoms with van der Waals surface area (Å²) >= 11 is 0. The molecule has 0 spiro atoms. The lowest BCUT2D eigenvalue weighted by atomic mass is 10.6. The van der Waals surface area contributed by atoms with Crippen LogP contribution >= 0.6 is 0 Å². The molecular weight excluding hydrogens is 280 g/mol. The van der Waals surface area contributed by atoms with E-state index in [0.29, 0.717) is 46.2 Å². The van der Waals surface area contributed by atoms with Crippen molar-refractivity contribution in [2.45, 2.75) is 0 Å². The Bertz CT molecular complexity index is 268. The van der Waals surface area contributed by atoms with Crippen LogP contribution in [0.15, 0.2) is 25.5 Å². The van der Waals surface area contributed by atoms with Gasteiger partial charge in [0.15, 0.2) is 6.79 Å². The summed E-state index contributed by atoms with van der Waals surface area (Å²) < 4.78 is 30.3. The van der Waals surface area contributed by atoms with Crippen LogP contribution in [0.3, 0.4) is 0 Å². The summed E-state index contributed by atoms with van der Waals surface area (Å²) in [6.07, 6.45) is 2.43. The SMILES string of the molecule is C=COCOCCOCCOCCOCCOC(=O)C=C. The molecule has 0 aromatic heterocycles. The monoisotopic (exact) mass is 304 g/mol. The van der Waals surface area contributed by atoms with Crippen LogP contribution < -0.4 is 0 Å². The van der Waals surface area contributed by atoms with Gasteiger partial charge in [-0.1, -0.05) is 13.2 Å². The fraction of sp³-hybridized carbons (Fsp3) is 0.643. The van der Waals surface area contributed by atoms with Crippen LogP contribution in [0.4, 0.5) is 0 Å². The Kier molecular flexibility index (Phi) is 15.5. The summed E-state index contributed by atoms with van der Waals surface area (Å²) in [6, 6.07) is 0. The molecule has 0 atom stereocenters. The van der Waals surface area contributed by atoms with Gasteiger partial charge >= 0.3 is 5.97 Å². The number of ether oxygens (including phenoxy) is 6. The summed E-state index contributed by atoms with van der Waals surface area (Å²) in [5, 5.41) is 0. The third-order valence-electron chi connectivity index (χ3n) is 2.02. The van der Waals surface area contributed by atoms with Crippen molar-refractivity contribution in [2.24, 2.45) is 0 Å². The summed E-state index contributed by atoms with van der Waals surface area (Å²) in [5.41, 5.74) is 0. The average Bonchev–Trinajstić information content (AvgIpc) is 2.50. The molecule has 0 aliphatic heterocycles. The molecule has 0 amide bonds. The van der Waals surface area contributed by atoms with Gasteiger partial charge in [0.25, 0.3) is 0 Å². The van der Waals surface area contributed by atoms with Crippen molar-refractivity contribution in [1.29, 1.82) is 0 Å². The molecule has 0 aromatic carbocycles. The van der Waals surface area contributed by atoms with Gasteiger partial charge in [-0.3, -0.25) is 0 Å². The first-order valence-corrected chi connectivity index (χ1v) is 6.64. The maximum absolute atomic E-state index is 10.7. The zero-order chi connectivity index (χ0) is 15.6. The number of hydrogen-bond acceptors (Lipinski definition) is 7. The Labute approximate surface area is 125 Å². The second-order valence-corrected chi connectivity index (χ2v) is 3.57. The summed E-state index contributed by atoms with van der Waals surface area (Å²) in [5.74, 6) is -0.452. The first-order valence-electron chi connectivity index (χ1n) is 6.64. The van der Waals surface area contributed by atoms with Gasteiger partial charge in [-0.05, 0) is 0 Å². The van der Waals surface area contributed by atoms with Gasteiger partial charge < -0.3 is 28.4 Å². The van der Waals surface area contributed by atoms with Crippen molar-refractivity contribution in [2.75, 3.05) is 59.6 Å². The number of esters is 1. The van der Waals surface area contributed by atoms with Gasteiger partial charge in [0.1, 0.15) is 6.61 Å². The molecule has 0 fully saturated rings. The molecule has 0 heterocycles. The van der Waals surface area contributed by atoms with Crippen LogP contribution in [-0.4, -0.2) is 65.6 Å². The van der Waals surface area contributed by atoms with E-state index in [4.69, 9.17) is 28.4 Å². The van der Waals surface area contributed by atoms with Crippen LogP contribution in [0.1, 0.15) is 0 Å². The summed E-state index contributed by atoms with van der Waals surface area (Å²) in [6.45, 7) is 10.2. The molecule has 0 saturated carbocycles. The van der Waals surface area contributed by atoms with Crippen LogP contribution in [0.25, 0.3) is 0 Å². The Morgan fingerprint density at radius 2 is 1.24 bits per heavy atom. The zero-order valence-corrected chi connectivity index (χ0v) is 12.3. The van der Waals surface area contributed by atoms with Crippen molar-refractivity contribution < 1.29 is 33.2 Å². The van der Waals surface area contributed by atoms with Crippen LogP contribution in [-0.2, 0) is 33.2 Å². The molecule has 0 rings (SSSR count). The molecule has 0 bridgehead atoms. The van der Waals surface area contributed by atoms with Crippen molar-refractivity contribution >= 4 is 5.97 Å². The highest BCUT2D eigenvalue weighted by Gasteiger charge is 1.95. The third kappa shape index (κ3) is 16.5. The van der Waals surface area contributed by atoms with E-state index < -0.39 is 5.97 Å². The number of hydrogen-bond donors (Lipinski definition) is 0. The normalized spacial score (nSPS) is 10.1. The van der Waals surface area contributed by atoms with Gasteiger partial charge in [0.05, 0.1) is 52.5 Å². The minimum atomic E-state index is -0.452. The van der Waals surface area contributed by atoms with Crippen molar-refractivity contribution in [3.63, 3.8) is 0 Å². The second kappa shape index (κ2) is 16.6. The van der Waals surface area contributed by atoms with Crippen molar-refractivity contribution in [1.82, 2.24) is 0 Å². The molecule has 7 nitrogen and oxygen atoms in total. The highest BCUT2D eigenvalue weighted by Crippen LogP contribution is 1.85. The second-order valence-electron chi connectivity index (χ2n) is 3.57. The third-order valence-corrected chi connectivity index (χ3v) is 2.02. The highest BCUT2D eigenvalue weighted by molar-refractivity contribution is 5.81. The van der Waals surface area contributed by atoms with Crippen LogP contribution in [0, 0.1) is 0 Å². The van der Waals surface area contributed by atoms with E-state index in [1.165, 1.54) is 6.26 Å². The first kappa shape index (κ1) is 19.6. The molecule has 7 heteroatoms. The van der Waals surface area contributed by atoms with Gasteiger partial charge in [0, 0.05) is 6.08 Å². The lowest BCUT2D eigenvalue weighted by Gasteiger charge is -2.07. The quantitative estimate of drug-likeness (QED) is 0.138. The average molecular weight is 304 g/mol. The van der Waals surface area contributed by atoms with Gasteiger partial charge in [-0.25, -0.2) is 4.79 Å². The maximum atomic E-state index is 10.7. The largest absolute Gasteiger partial charge is 0.476 e. The smallest absolute Gasteiger partial charge is 0.330 e. The van der Waals surface area contributed by atoms with E-state index in [-0.39, 0.29) is 13.4 Å². The van der Waals surface area contributed by atoms with Crippen LogP contribution in [0.2, 0.25) is 0 Å². The van der Waals surface area contributed by atoms with E-state index in [9.17, 15) is 4.79 Å². The van der Waals surface area contributed by atoms with E-state index in [1.54, 1.807) is 0 Å². The molecule has 0 saturated heterocycles. The predicted octanol–water partition coefficient (Wildman–Crippen LogP) is 0.900.